The van der Waals surface area contributed by atoms with Gasteiger partial charge in [0.25, 0.3) is 0 Å². The van der Waals surface area contributed by atoms with Crippen LogP contribution in [0.4, 0.5) is 5.69 Å². The minimum absolute atomic E-state index is 0.402. The van der Waals surface area contributed by atoms with Gasteiger partial charge < -0.3 is 11.1 Å². The Morgan fingerprint density at radius 1 is 1.33 bits per heavy atom. The summed E-state index contributed by atoms with van der Waals surface area (Å²) in [5.41, 5.74) is 7.98. The van der Waals surface area contributed by atoms with Crippen LogP contribution in [0.1, 0.15) is 25.7 Å². The average molecular weight is 260 g/mol. The average Bonchev–Trinajstić information content (AvgIpc) is 2.65. The second-order valence-corrected chi connectivity index (χ2v) is 5.70. The monoisotopic (exact) mass is 260 g/mol. The quantitative estimate of drug-likeness (QED) is 0.887. The fourth-order valence-electron chi connectivity index (χ4n) is 1.84. The lowest BCUT2D eigenvalue weighted by molar-refractivity contribution is 0.100. The Balaban J connectivity index is 2.08. The van der Waals surface area contributed by atoms with Crippen molar-refractivity contribution in [3.63, 3.8) is 0 Å². The number of hydrogen-bond acceptors (Lipinski definition) is 3. The van der Waals surface area contributed by atoms with Crippen molar-refractivity contribution in [2.45, 2.75) is 20.4 Å². The molecule has 0 atom stereocenters. The molecule has 4 heteroatoms. The summed E-state index contributed by atoms with van der Waals surface area (Å²) in [7, 11) is 0. The number of nitrogens with two attached hydrogens (primary N) is 1. The van der Waals surface area contributed by atoms with E-state index in [2.05, 4.69) is 25.2 Å². The summed E-state index contributed by atoms with van der Waals surface area (Å²) in [4.78, 5) is 13.7. The van der Waals surface area contributed by atoms with Gasteiger partial charge in [-0.2, -0.15) is 0 Å². The van der Waals surface area contributed by atoms with Crippen molar-refractivity contribution in [1.82, 2.24) is 0 Å². The third-order valence-corrected chi connectivity index (χ3v) is 3.78. The molecule has 0 aliphatic rings. The van der Waals surface area contributed by atoms with E-state index in [4.69, 9.17) is 5.73 Å². The highest BCUT2D eigenvalue weighted by atomic mass is 32.1. The third-order valence-electron chi connectivity index (χ3n) is 2.77. The summed E-state index contributed by atoms with van der Waals surface area (Å²) < 4.78 is 0. The molecule has 0 saturated heterocycles. The first-order chi connectivity index (χ1) is 8.56. The molecule has 2 rings (SSSR count). The summed E-state index contributed by atoms with van der Waals surface area (Å²) in [6, 6.07) is 9.44. The molecule has 0 radical (unpaired) electrons. The van der Waals surface area contributed by atoms with Crippen LogP contribution in [0.3, 0.4) is 0 Å². The van der Waals surface area contributed by atoms with Crippen LogP contribution in [0.15, 0.2) is 30.3 Å². The molecule has 0 saturated carbocycles. The molecule has 1 aromatic heterocycles. The van der Waals surface area contributed by atoms with E-state index in [1.165, 1.54) is 15.3 Å². The normalized spacial score (nSPS) is 10.3. The molecule has 94 valence electrons. The second-order valence-electron chi connectivity index (χ2n) is 4.24. The van der Waals surface area contributed by atoms with Crippen LogP contribution in [0.5, 0.6) is 0 Å². The maximum atomic E-state index is 11.1. The molecule has 0 bridgehead atoms. The Kier molecular flexibility index (Phi) is 3.67. The molecule has 18 heavy (non-hydrogen) atoms. The number of anilines is 1. The zero-order chi connectivity index (χ0) is 13.1. The molecule has 3 nitrogen and oxygen atoms in total. The van der Waals surface area contributed by atoms with Gasteiger partial charge in [-0.25, -0.2) is 0 Å². The van der Waals surface area contributed by atoms with Crippen LogP contribution < -0.4 is 11.1 Å². The number of primary amides is 1. The molecule has 3 N–H and O–H groups in total. The number of carbonyl (C=O) groups is 1. The Morgan fingerprint density at radius 3 is 2.72 bits per heavy atom. The number of amides is 1. The fraction of sp³-hybridized carbons (Fsp3) is 0.214. The first kappa shape index (κ1) is 12.6. The summed E-state index contributed by atoms with van der Waals surface area (Å²) in [5, 5.41) is 3.31. The molecule has 2 aromatic rings. The van der Waals surface area contributed by atoms with E-state index < -0.39 is 5.91 Å². The van der Waals surface area contributed by atoms with Crippen molar-refractivity contribution in [3.8, 4) is 0 Å². The van der Waals surface area contributed by atoms with E-state index in [1.807, 2.05) is 12.1 Å². The number of nitrogens with one attached hydrogen (secondary N) is 1. The van der Waals surface area contributed by atoms with E-state index in [0.29, 0.717) is 5.56 Å². The number of hydrogen-bond donors (Lipinski definition) is 2. The summed E-state index contributed by atoms with van der Waals surface area (Å²) in [5.74, 6) is -0.402. The maximum Gasteiger partial charge on any atom is 0.248 e. The summed E-state index contributed by atoms with van der Waals surface area (Å²) in [6.07, 6.45) is 0. The van der Waals surface area contributed by atoms with Crippen molar-refractivity contribution in [2.75, 3.05) is 5.32 Å². The Labute approximate surface area is 111 Å². The Morgan fingerprint density at radius 2 is 2.11 bits per heavy atom. The van der Waals surface area contributed by atoms with Gasteiger partial charge >= 0.3 is 0 Å². The van der Waals surface area contributed by atoms with Crippen molar-refractivity contribution in [2.24, 2.45) is 5.73 Å². The van der Waals surface area contributed by atoms with Gasteiger partial charge in [0.15, 0.2) is 0 Å². The van der Waals surface area contributed by atoms with Crippen molar-refractivity contribution in [3.05, 3.63) is 51.2 Å². The van der Waals surface area contributed by atoms with Crippen molar-refractivity contribution in [1.29, 1.82) is 0 Å². The van der Waals surface area contributed by atoms with E-state index in [0.717, 1.165) is 12.2 Å². The highest BCUT2D eigenvalue weighted by Gasteiger charge is 2.04. The third kappa shape index (κ3) is 2.90. The van der Waals surface area contributed by atoms with Gasteiger partial charge in [0.1, 0.15) is 0 Å². The summed E-state index contributed by atoms with van der Waals surface area (Å²) >= 11 is 1.80. The fourth-order valence-corrected chi connectivity index (χ4v) is 2.79. The highest BCUT2D eigenvalue weighted by molar-refractivity contribution is 7.12. The number of aryl methyl sites for hydroxylation is 2. The topological polar surface area (TPSA) is 55.1 Å². The van der Waals surface area contributed by atoms with E-state index in [1.54, 1.807) is 23.5 Å². The smallest absolute Gasteiger partial charge is 0.248 e. The molecule has 1 aromatic carbocycles. The number of carbonyl (C=O) groups excluding carboxylic acids is 1. The van der Waals surface area contributed by atoms with Crippen molar-refractivity contribution >= 4 is 22.9 Å². The van der Waals surface area contributed by atoms with Crippen LogP contribution in [-0.2, 0) is 6.54 Å². The van der Waals surface area contributed by atoms with Crippen LogP contribution in [0, 0.1) is 13.8 Å². The van der Waals surface area contributed by atoms with Crippen LogP contribution in [0.25, 0.3) is 0 Å². The Hall–Kier alpha value is -1.81. The van der Waals surface area contributed by atoms with Gasteiger partial charge in [-0.05, 0) is 43.7 Å². The molecular weight excluding hydrogens is 244 g/mol. The van der Waals surface area contributed by atoms with Gasteiger partial charge in [-0.15, -0.1) is 11.3 Å². The molecule has 1 heterocycles. The highest BCUT2D eigenvalue weighted by Crippen LogP contribution is 2.21. The van der Waals surface area contributed by atoms with Gasteiger partial charge in [0.2, 0.25) is 5.91 Å². The molecule has 0 spiro atoms. The van der Waals surface area contributed by atoms with Gasteiger partial charge in [0.05, 0.1) is 0 Å². The second kappa shape index (κ2) is 5.23. The van der Waals surface area contributed by atoms with Crippen LogP contribution in [0.2, 0.25) is 0 Å². The van der Waals surface area contributed by atoms with E-state index in [-0.39, 0.29) is 0 Å². The first-order valence-electron chi connectivity index (χ1n) is 5.76. The van der Waals surface area contributed by atoms with Gasteiger partial charge in [-0.1, -0.05) is 6.07 Å². The van der Waals surface area contributed by atoms with E-state index >= 15 is 0 Å². The molecule has 0 unspecified atom stereocenters. The molecule has 0 fully saturated rings. The molecular formula is C14H16N2OS. The molecule has 0 aliphatic carbocycles. The standard InChI is InChI=1S/C14H16N2OS/c1-9-6-12(10(2)18-9)8-16-13-5-3-4-11(7-13)14(15)17/h3-7,16H,8H2,1-2H3,(H2,15,17). The number of benzene rings is 1. The maximum absolute atomic E-state index is 11.1. The van der Waals surface area contributed by atoms with Crippen LogP contribution >= 0.6 is 11.3 Å². The largest absolute Gasteiger partial charge is 0.381 e. The molecule has 1 amide bonds. The minimum Gasteiger partial charge on any atom is -0.381 e. The van der Waals surface area contributed by atoms with Crippen LogP contribution in [-0.4, -0.2) is 5.91 Å². The SMILES string of the molecule is Cc1cc(CNc2cccc(C(N)=O)c2)c(C)s1. The number of rotatable bonds is 4. The number of thiophene rings is 1. The zero-order valence-corrected chi connectivity index (χ0v) is 11.3. The van der Waals surface area contributed by atoms with Crippen molar-refractivity contribution < 1.29 is 4.79 Å². The van der Waals surface area contributed by atoms with E-state index in [9.17, 15) is 4.79 Å². The first-order valence-corrected chi connectivity index (χ1v) is 6.57. The Bertz CT molecular complexity index is 575. The van der Waals surface area contributed by atoms with Gasteiger partial charge in [-0.3, -0.25) is 4.79 Å². The lowest BCUT2D eigenvalue weighted by Gasteiger charge is -2.07. The zero-order valence-electron chi connectivity index (χ0n) is 10.5. The summed E-state index contributed by atoms with van der Waals surface area (Å²) in [6.45, 7) is 4.99. The lowest BCUT2D eigenvalue weighted by atomic mass is 10.2. The predicted molar refractivity (Wildman–Crippen MR) is 76.1 cm³/mol. The molecule has 0 aliphatic heterocycles. The lowest BCUT2D eigenvalue weighted by Crippen LogP contribution is -2.11. The predicted octanol–water partition coefficient (Wildman–Crippen LogP) is 3.08. The van der Waals surface area contributed by atoms with Gasteiger partial charge in [0, 0.05) is 27.5 Å². The minimum atomic E-state index is -0.402.